The Morgan fingerprint density at radius 2 is 1.44 bits per heavy atom. The van der Waals surface area contributed by atoms with Crippen molar-refractivity contribution >= 4 is 23.0 Å². The summed E-state index contributed by atoms with van der Waals surface area (Å²) in [5.41, 5.74) is 3.47. The molecule has 1 N–H and O–H groups in total. The van der Waals surface area contributed by atoms with Crippen LogP contribution in [0.2, 0.25) is 0 Å². The second-order valence-electron chi connectivity index (χ2n) is 6.50. The summed E-state index contributed by atoms with van der Waals surface area (Å²) in [6.45, 7) is 4.31. The number of amides is 1. The molecule has 138 valence electrons. The molecular formula is C23H24N2O2. The van der Waals surface area contributed by atoms with Gasteiger partial charge >= 0.3 is 0 Å². The van der Waals surface area contributed by atoms with Gasteiger partial charge in [-0.2, -0.15) is 0 Å². The van der Waals surface area contributed by atoms with Crippen molar-refractivity contribution in [2.24, 2.45) is 0 Å². The largest absolute Gasteiger partial charge is 0.496 e. The van der Waals surface area contributed by atoms with E-state index in [9.17, 15) is 4.79 Å². The van der Waals surface area contributed by atoms with Crippen molar-refractivity contribution in [2.75, 3.05) is 17.3 Å². The first kappa shape index (κ1) is 18.5. The highest BCUT2D eigenvalue weighted by Crippen LogP contribution is 2.29. The average Bonchev–Trinajstić information content (AvgIpc) is 2.70. The smallest absolute Gasteiger partial charge is 0.259 e. The molecule has 0 aliphatic carbocycles. The normalized spacial score (nSPS) is 10.5. The van der Waals surface area contributed by atoms with E-state index in [0.717, 1.165) is 17.1 Å². The molecule has 4 heteroatoms. The van der Waals surface area contributed by atoms with Crippen molar-refractivity contribution in [3.8, 4) is 5.75 Å². The van der Waals surface area contributed by atoms with Gasteiger partial charge in [-0.15, -0.1) is 0 Å². The summed E-state index contributed by atoms with van der Waals surface area (Å²) < 4.78 is 5.26. The van der Waals surface area contributed by atoms with E-state index in [0.29, 0.717) is 17.4 Å². The second kappa shape index (κ2) is 8.41. The Bertz CT molecular complexity index is 890. The van der Waals surface area contributed by atoms with Gasteiger partial charge < -0.3 is 15.0 Å². The van der Waals surface area contributed by atoms with E-state index < -0.39 is 0 Å². The Kier molecular flexibility index (Phi) is 5.77. The minimum absolute atomic E-state index is 0.191. The third kappa shape index (κ3) is 4.29. The zero-order chi connectivity index (χ0) is 19.2. The van der Waals surface area contributed by atoms with Crippen LogP contribution in [0.3, 0.4) is 0 Å². The van der Waals surface area contributed by atoms with Crippen molar-refractivity contribution in [1.82, 2.24) is 0 Å². The highest BCUT2D eigenvalue weighted by atomic mass is 16.5. The van der Waals surface area contributed by atoms with E-state index in [4.69, 9.17) is 4.74 Å². The predicted octanol–water partition coefficient (Wildman–Crippen LogP) is 5.49. The van der Waals surface area contributed by atoms with Crippen LogP contribution >= 0.6 is 0 Å². The lowest BCUT2D eigenvalue weighted by atomic mass is 10.1. The van der Waals surface area contributed by atoms with E-state index in [-0.39, 0.29) is 5.91 Å². The maximum Gasteiger partial charge on any atom is 0.259 e. The van der Waals surface area contributed by atoms with Gasteiger partial charge in [0.25, 0.3) is 5.91 Å². The van der Waals surface area contributed by atoms with Crippen LogP contribution in [0.1, 0.15) is 24.2 Å². The number of anilines is 3. The molecule has 0 unspecified atom stereocenters. The summed E-state index contributed by atoms with van der Waals surface area (Å²) >= 11 is 0. The van der Waals surface area contributed by atoms with Crippen LogP contribution in [-0.2, 0) is 0 Å². The maximum absolute atomic E-state index is 12.5. The third-order valence-electron chi connectivity index (χ3n) is 4.31. The Morgan fingerprint density at radius 1 is 0.852 bits per heavy atom. The summed E-state index contributed by atoms with van der Waals surface area (Å²) in [4.78, 5) is 14.8. The zero-order valence-corrected chi connectivity index (χ0v) is 15.8. The number of rotatable bonds is 6. The minimum Gasteiger partial charge on any atom is -0.496 e. The zero-order valence-electron chi connectivity index (χ0n) is 15.8. The summed E-state index contributed by atoms with van der Waals surface area (Å²) in [6.07, 6.45) is 0. The SMILES string of the molecule is COc1ccccc1C(=O)Nc1ccc(N(c2ccccc2)C(C)C)cc1. The molecule has 1 amide bonds. The van der Waals surface area contributed by atoms with Gasteiger partial charge in [-0.25, -0.2) is 0 Å². The fraction of sp³-hybridized carbons (Fsp3) is 0.174. The van der Waals surface area contributed by atoms with Crippen LogP contribution in [0.5, 0.6) is 5.75 Å². The van der Waals surface area contributed by atoms with Crippen LogP contribution in [0.4, 0.5) is 17.1 Å². The van der Waals surface area contributed by atoms with Crippen LogP contribution in [-0.4, -0.2) is 19.1 Å². The van der Waals surface area contributed by atoms with Gasteiger partial charge in [0.05, 0.1) is 12.7 Å². The summed E-state index contributed by atoms with van der Waals surface area (Å²) in [5.74, 6) is 0.366. The molecule has 0 spiro atoms. The fourth-order valence-corrected chi connectivity index (χ4v) is 3.07. The van der Waals surface area contributed by atoms with Gasteiger partial charge in [0.15, 0.2) is 0 Å². The quantitative estimate of drug-likeness (QED) is 0.631. The standard InChI is InChI=1S/C23H24N2O2/c1-17(2)25(19-9-5-4-6-10-19)20-15-13-18(14-16-20)24-23(26)21-11-7-8-12-22(21)27-3/h4-17H,1-3H3,(H,24,26). The number of carbonyl (C=O) groups is 1. The van der Waals surface area contributed by atoms with Gasteiger partial charge in [-0.3, -0.25) is 4.79 Å². The molecule has 0 saturated carbocycles. The van der Waals surface area contributed by atoms with Crippen LogP contribution in [0.25, 0.3) is 0 Å². The maximum atomic E-state index is 12.5. The summed E-state index contributed by atoms with van der Waals surface area (Å²) in [6, 6.07) is 25.6. The first-order chi connectivity index (χ1) is 13.1. The second-order valence-corrected chi connectivity index (χ2v) is 6.50. The molecular weight excluding hydrogens is 336 g/mol. The molecule has 0 fully saturated rings. The number of methoxy groups -OCH3 is 1. The summed E-state index contributed by atoms with van der Waals surface area (Å²) in [7, 11) is 1.56. The fourth-order valence-electron chi connectivity index (χ4n) is 3.07. The van der Waals surface area contributed by atoms with Gasteiger partial charge in [0.2, 0.25) is 0 Å². The van der Waals surface area contributed by atoms with Gasteiger partial charge in [-0.05, 0) is 62.4 Å². The van der Waals surface area contributed by atoms with Crippen LogP contribution in [0.15, 0.2) is 78.9 Å². The molecule has 3 aromatic rings. The van der Waals surface area contributed by atoms with Crippen molar-refractivity contribution in [1.29, 1.82) is 0 Å². The lowest BCUT2D eigenvalue weighted by Crippen LogP contribution is -2.25. The Balaban J connectivity index is 1.79. The minimum atomic E-state index is -0.191. The monoisotopic (exact) mass is 360 g/mol. The molecule has 3 aromatic carbocycles. The molecule has 0 aromatic heterocycles. The van der Waals surface area contributed by atoms with Crippen molar-refractivity contribution in [3.05, 3.63) is 84.4 Å². The molecule has 0 aliphatic heterocycles. The van der Waals surface area contributed by atoms with E-state index in [1.54, 1.807) is 19.2 Å². The Morgan fingerprint density at radius 3 is 2.07 bits per heavy atom. The van der Waals surface area contributed by atoms with E-state index >= 15 is 0 Å². The average molecular weight is 360 g/mol. The number of ether oxygens (including phenoxy) is 1. The first-order valence-corrected chi connectivity index (χ1v) is 8.99. The molecule has 0 aliphatic rings. The molecule has 0 atom stereocenters. The van der Waals surface area contributed by atoms with Crippen LogP contribution < -0.4 is 15.0 Å². The lowest BCUT2D eigenvalue weighted by molar-refractivity contribution is 0.102. The van der Waals surface area contributed by atoms with Gasteiger partial charge in [0.1, 0.15) is 5.75 Å². The predicted molar refractivity (Wildman–Crippen MR) is 111 cm³/mol. The molecule has 4 nitrogen and oxygen atoms in total. The first-order valence-electron chi connectivity index (χ1n) is 8.99. The van der Waals surface area contributed by atoms with Crippen LogP contribution in [0, 0.1) is 0 Å². The number of para-hydroxylation sites is 2. The van der Waals surface area contributed by atoms with E-state index in [1.165, 1.54) is 0 Å². The number of nitrogens with zero attached hydrogens (tertiary/aromatic N) is 1. The number of hydrogen-bond acceptors (Lipinski definition) is 3. The van der Waals surface area contributed by atoms with E-state index in [1.807, 2.05) is 54.6 Å². The highest BCUT2D eigenvalue weighted by molar-refractivity contribution is 6.06. The number of carbonyl (C=O) groups excluding carboxylic acids is 1. The Hall–Kier alpha value is -3.27. The van der Waals surface area contributed by atoms with Gasteiger partial charge in [0, 0.05) is 23.1 Å². The van der Waals surface area contributed by atoms with Crippen molar-refractivity contribution in [3.63, 3.8) is 0 Å². The molecule has 0 radical (unpaired) electrons. The lowest BCUT2D eigenvalue weighted by Gasteiger charge is -2.29. The number of benzene rings is 3. The topological polar surface area (TPSA) is 41.6 Å². The Labute approximate surface area is 160 Å². The molecule has 0 saturated heterocycles. The van der Waals surface area contributed by atoms with Gasteiger partial charge in [-0.1, -0.05) is 30.3 Å². The van der Waals surface area contributed by atoms with E-state index in [2.05, 4.69) is 36.2 Å². The number of nitrogens with one attached hydrogen (secondary N) is 1. The molecule has 0 heterocycles. The highest BCUT2D eigenvalue weighted by Gasteiger charge is 2.14. The summed E-state index contributed by atoms with van der Waals surface area (Å²) in [5, 5.41) is 2.93. The molecule has 0 bridgehead atoms. The van der Waals surface area contributed by atoms with Crippen molar-refractivity contribution in [2.45, 2.75) is 19.9 Å². The van der Waals surface area contributed by atoms with Crippen molar-refractivity contribution < 1.29 is 9.53 Å². The third-order valence-corrected chi connectivity index (χ3v) is 4.31. The molecule has 3 rings (SSSR count). The number of hydrogen-bond donors (Lipinski definition) is 1. The molecule has 27 heavy (non-hydrogen) atoms.